The van der Waals surface area contributed by atoms with E-state index in [4.69, 9.17) is 0 Å². The van der Waals surface area contributed by atoms with E-state index in [1.807, 2.05) is 0 Å². The molecule has 1 rings (SSSR count). The third kappa shape index (κ3) is 2.23. The maximum Gasteiger partial charge on any atom is 0.305 e. The van der Waals surface area contributed by atoms with Crippen LogP contribution in [0.25, 0.3) is 0 Å². The minimum atomic E-state index is -0.0535. The lowest BCUT2D eigenvalue weighted by Gasteiger charge is -2.37. The van der Waals surface area contributed by atoms with Crippen LogP contribution in [0.1, 0.15) is 33.1 Å². The number of methoxy groups -OCH3 is 1. The van der Waals surface area contributed by atoms with Gasteiger partial charge in [-0.3, -0.25) is 4.79 Å². The van der Waals surface area contributed by atoms with Gasteiger partial charge < -0.3 is 4.74 Å². The highest BCUT2D eigenvalue weighted by molar-refractivity contribution is 5.69. The van der Waals surface area contributed by atoms with Crippen molar-refractivity contribution >= 4 is 5.97 Å². The van der Waals surface area contributed by atoms with Gasteiger partial charge in [0.05, 0.1) is 7.11 Å². The van der Waals surface area contributed by atoms with E-state index >= 15 is 0 Å². The minimum absolute atomic E-state index is 0.0535. The monoisotopic (exact) mass is 170 g/mol. The lowest BCUT2D eigenvalue weighted by molar-refractivity contribution is -0.143. The summed E-state index contributed by atoms with van der Waals surface area (Å²) in [5, 5.41) is 0. The molecule has 0 aromatic heterocycles. The van der Waals surface area contributed by atoms with Crippen molar-refractivity contribution in [1.29, 1.82) is 0 Å². The van der Waals surface area contributed by atoms with Crippen molar-refractivity contribution in [3.63, 3.8) is 0 Å². The molecule has 1 fully saturated rings. The number of ether oxygens (including phenoxy) is 1. The lowest BCUT2D eigenvalue weighted by atomic mass is 9.68. The average molecular weight is 170 g/mol. The number of carbonyl (C=O) groups excluding carboxylic acids is 1. The summed E-state index contributed by atoms with van der Waals surface area (Å²) in [7, 11) is 1.46. The molecule has 1 saturated carbocycles. The Labute approximate surface area is 74.3 Å². The predicted molar refractivity (Wildman–Crippen MR) is 47.7 cm³/mol. The van der Waals surface area contributed by atoms with E-state index in [1.165, 1.54) is 20.0 Å². The largest absolute Gasteiger partial charge is 0.469 e. The highest BCUT2D eigenvalue weighted by Gasteiger charge is 2.32. The van der Waals surface area contributed by atoms with Crippen molar-refractivity contribution in [2.75, 3.05) is 7.11 Å². The molecule has 0 aliphatic heterocycles. The Kier molecular flexibility index (Phi) is 3.12. The van der Waals surface area contributed by atoms with Gasteiger partial charge >= 0.3 is 5.97 Å². The average Bonchev–Trinajstić information content (AvgIpc) is 1.94. The fourth-order valence-corrected chi connectivity index (χ4v) is 1.82. The van der Waals surface area contributed by atoms with Crippen LogP contribution in [-0.2, 0) is 9.53 Å². The Bertz CT molecular complexity index is 157. The summed E-state index contributed by atoms with van der Waals surface area (Å²) in [6.07, 6.45) is 3.05. The Morgan fingerprint density at radius 3 is 2.50 bits per heavy atom. The summed E-state index contributed by atoms with van der Waals surface area (Å²) in [5.74, 6) is 2.17. The van der Waals surface area contributed by atoms with Crippen molar-refractivity contribution in [2.24, 2.45) is 17.8 Å². The van der Waals surface area contributed by atoms with E-state index < -0.39 is 0 Å². The molecule has 0 amide bonds. The van der Waals surface area contributed by atoms with E-state index in [0.29, 0.717) is 12.3 Å². The first kappa shape index (κ1) is 9.56. The molecule has 2 heteroatoms. The van der Waals surface area contributed by atoms with Crippen LogP contribution in [0, 0.1) is 17.8 Å². The lowest BCUT2D eigenvalue weighted by Crippen LogP contribution is -2.29. The van der Waals surface area contributed by atoms with E-state index in [-0.39, 0.29) is 5.97 Å². The third-order valence-corrected chi connectivity index (χ3v) is 2.90. The highest BCUT2D eigenvalue weighted by atomic mass is 16.5. The van der Waals surface area contributed by atoms with Gasteiger partial charge in [-0.2, -0.15) is 0 Å². The second kappa shape index (κ2) is 3.92. The molecule has 0 spiro atoms. The first-order chi connectivity index (χ1) is 5.63. The van der Waals surface area contributed by atoms with Crippen LogP contribution in [0.2, 0.25) is 0 Å². The molecule has 0 atom stereocenters. The molecule has 0 radical (unpaired) electrons. The van der Waals surface area contributed by atoms with E-state index in [1.54, 1.807) is 0 Å². The van der Waals surface area contributed by atoms with Crippen LogP contribution in [0.4, 0.5) is 0 Å². The van der Waals surface area contributed by atoms with E-state index in [0.717, 1.165) is 11.8 Å². The zero-order chi connectivity index (χ0) is 9.14. The van der Waals surface area contributed by atoms with Crippen LogP contribution >= 0.6 is 0 Å². The smallest absolute Gasteiger partial charge is 0.305 e. The number of rotatable bonds is 3. The van der Waals surface area contributed by atoms with Gasteiger partial charge in [-0.15, -0.1) is 0 Å². The summed E-state index contributed by atoms with van der Waals surface area (Å²) in [5.41, 5.74) is 0. The van der Waals surface area contributed by atoms with Gasteiger partial charge in [-0.25, -0.2) is 0 Å². The third-order valence-electron chi connectivity index (χ3n) is 2.90. The highest BCUT2D eigenvalue weighted by Crippen LogP contribution is 2.40. The van der Waals surface area contributed by atoms with Gasteiger partial charge in [0.1, 0.15) is 0 Å². The Morgan fingerprint density at radius 1 is 1.50 bits per heavy atom. The Morgan fingerprint density at radius 2 is 2.08 bits per heavy atom. The molecular formula is C10H18O2. The molecule has 70 valence electrons. The normalized spacial score (nSPS) is 28.3. The first-order valence-corrected chi connectivity index (χ1v) is 4.70. The molecule has 2 nitrogen and oxygen atoms in total. The van der Waals surface area contributed by atoms with Crippen molar-refractivity contribution in [2.45, 2.75) is 33.1 Å². The molecule has 0 saturated heterocycles. The van der Waals surface area contributed by atoms with Crippen LogP contribution < -0.4 is 0 Å². The fourth-order valence-electron chi connectivity index (χ4n) is 1.82. The van der Waals surface area contributed by atoms with Crippen molar-refractivity contribution < 1.29 is 9.53 Å². The van der Waals surface area contributed by atoms with Gasteiger partial charge in [0, 0.05) is 6.42 Å². The molecule has 1 aliphatic rings. The van der Waals surface area contributed by atoms with E-state index in [2.05, 4.69) is 18.6 Å². The summed E-state index contributed by atoms with van der Waals surface area (Å²) in [4.78, 5) is 10.9. The van der Waals surface area contributed by atoms with E-state index in [9.17, 15) is 4.79 Å². The summed E-state index contributed by atoms with van der Waals surface area (Å²) in [6.45, 7) is 4.50. The molecule has 0 bridgehead atoms. The second-order valence-electron chi connectivity index (χ2n) is 4.12. The quantitative estimate of drug-likeness (QED) is 0.607. The Hall–Kier alpha value is -0.530. The SMILES string of the molecule is COC(=O)CC1CC(C(C)C)C1. The van der Waals surface area contributed by atoms with Crippen LogP contribution in [0.3, 0.4) is 0 Å². The van der Waals surface area contributed by atoms with Crippen molar-refractivity contribution in [3.05, 3.63) is 0 Å². The zero-order valence-electron chi connectivity index (χ0n) is 8.17. The first-order valence-electron chi connectivity index (χ1n) is 4.70. The maximum absolute atomic E-state index is 10.9. The van der Waals surface area contributed by atoms with Crippen LogP contribution in [-0.4, -0.2) is 13.1 Å². The summed E-state index contributed by atoms with van der Waals surface area (Å²) in [6, 6.07) is 0. The maximum atomic E-state index is 10.9. The molecule has 0 heterocycles. The number of hydrogen-bond acceptors (Lipinski definition) is 2. The molecule has 1 aliphatic carbocycles. The topological polar surface area (TPSA) is 26.3 Å². The predicted octanol–water partition coefficient (Wildman–Crippen LogP) is 2.23. The minimum Gasteiger partial charge on any atom is -0.469 e. The Balaban J connectivity index is 2.13. The number of hydrogen-bond donors (Lipinski definition) is 0. The zero-order valence-corrected chi connectivity index (χ0v) is 8.17. The van der Waals surface area contributed by atoms with Gasteiger partial charge in [0.25, 0.3) is 0 Å². The summed E-state index contributed by atoms with van der Waals surface area (Å²) >= 11 is 0. The summed E-state index contributed by atoms with van der Waals surface area (Å²) < 4.78 is 4.61. The molecule has 12 heavy (non-hydrogen) atoms. The fraction of sp³-hybridized carbons (Fsp3) is 0.900. The van der Waals surface area contributed by atoms with Gasteiger partial charge in [-0.1, -0.05) is 13.8 Å². The van der Waals surface area contributed by atoms with Crippen molar-refractivity contribution in [1.82, 2.24) is 0 Å². The molecule has 0 unspecified atom stereocenters. The standard InChI is InChI=1S/C10H18O2/c1-7(2)9-4-8(5-9)6-10(11)12-3/h7-9H,4-6H2,1-3H3. The molecule has 0 N–H and O–H groups in total. The molecular weight excluding hydrogens is 152 g/mol. The number of esters is 1. The van der Waals surface area contributed by atoms with Crippen molar-refractivity contribution in [3.8, 4) is 0 Å². The van der Waals surface area contributed by atoms with Crippen LogP contribution in [0.15, 0.2) is 0 Å². The molecule has 0 aromatic carbocycles. The van der Waals surface area contributed by atoms with Crippen LogP contribution in [0.5, 0.6) is 0 Å². The second-order valence-corrected chi connectivity index (χ2v) is 4.12. The van der Waals surface area contributed by atoms with Gasteiger partial charge in [0.2, 0.25) is 0 Å². The molecule has 0 aromatic rings. The van der Waals surface area contributed by atoms with Gasteiger partial charge in [-0.05, 0) is 30.6 Å². The number of carbonyl (C=O) groups is 1. The van der Waals surface area contributed by atoms with Gasteiger partial charge in [0.15, 0.2) is 0 Å².